The summed E-state index contributed by atoms with van der Waals surface area (Å²) in [5.41, 5.74) is 1.93. The summed E-state index contributed by atoms with van der Waals surface area (Å²) in [6, 6.07) is 10.2. The van der Waals surface area contributed by atoms with Crippen LogP contribution in [-0.4, -0.2) is 35.4 Å². The molecule has 0 radical (unpaired) electrons. The number of ether oxygens (including phenoxy) is 1. The maximum atomic E-state index is 13.2. The number of amides is 2. The number of carbonyl (C=O) groups is 2. The first-order chi connectivity index (χ1) is 15.2. The van der Waals surface area contributed by atoms with E-state index in [1.54, 1.807) is 25.1 Å². The van der Waals surface area contributed by atoms with Gasteiger partial charge >= 0.3 is 0 Å². The van der Waals surface area contributed by atoms with Gasteiger partial charge in [-0.1, -0.05) is 49.2 Å². The lowest BCUT2D eigenvalue weighted by Crippen LogP contribution is -2.50. The van der Waals surface area contributed by atoms with Gasteiger partial charge in [-0.15, -0.1) is 0 Å². The molecule has 1 N–H and O–H groups in total. The Morgan fingerprint density at radius 2 is 1.75 bits per heavy atom. The molecule has 5 nitrogen and oxygen atoms in total. The van der Waals surface area contributed by atoms with Crippen molar-refractivity contribution in [2.75, 3.05) is 6.61 Å². The van der Waals surface area contributed by atoms with Gasteiger partial charge in [-0.05, 0) is 78.0 Å². The summed E-state index contributed by atoms with van der Waals surface area (Å²) in [6.07, 6.45) is 1.70. The summed E-state index contributed by atoms with van der Waals surface area (Å²) in [6.45, 7) is 7.69. The summed E-state index contributed by atoms with van der Waals surface area (Å²) >= 11 is 15.7. The minimum Gasteiger partial charge on any atom is -0.483 e. The first kappa shape index (κ1) is 26.5. The average Bonchev–Trinajstić information content (AvgIpc) is 2.77. The highest BCUT2D eigenvalue weighted by Crippen LogP contribution is 2.27. The van der Waals surface area contributed by atoms with Gasteiger partial charge < -0.3 is 15.0 Å². The molecule has 0 unspecified atom stereocenters. The maximum absolute atomic E-state index is 13.2. The zero-order chi connectivity index (χ0) is 23.8. The number of hydrogen-bond acceptors (Lipinski definition) is 3. The molecular weight excluding hydrogens is 515 g/mol. The average molecular weight is 544 g/mol. The molecule has 2 aromatic carbocycles. The van der Waals surface area contributed by atoms with Crippen molar-refractivity contribution >= 4 is 50.9 Å². The van der Waals surface area contributed by atoms with Crippen LogP contribution in [0.5, 0.6) is 5.75 Å². The van der Waals surface area contributed by atoms with Crippen LogP contribution in [0.1, 0.15) is 45.2 Å². The molecule has 8 heteroatoms. The fourth-order valence-electron chi connectivity index (χ4n) is 2.99. The predicted octanol–water partition coefficient (Wildman–Crippen LogP) is 6.03. The summed E-state index contributed by atoms with van der Waals surface area (Å²) in [5, 5.41) is 3.76. The van der Waals surface area contributed by atoms with Gasteiger partial charge in [0.2, 0.25) is 5.91 Å². The third kappa shape index (κ3) is 7.39. The summed E-state index contributed by atoms with van der Waals surface area (Å²) in [5.74, 6) is 0.0392. The summed E-state index contributed by atoms with van der Waals surface area (Å²) < 4.78 is 6.56. The molecule has 2 aromatic rings. The Morgan fingerprint density at radius 3 is 2.34 bits per heavy atom. The fraction of sp³-hybridized carbons (Fsp3) is 0.417. The van der Waals surface area contributed by atoms with Gasteiger partial charge in [0.15, 0.2) is 6.61 Å². The lowest BCUT2D eigenvalue weighted by atomic mass is 10.1. The molecule has 0 saturated carbocycles. The largest absolute Gasteiger partial charge is 0.483 e. The Morgan fingerprint density at radius 1 is 1.06 bits per heavy atom. The van der Waals surface area contributed by atoms with E-state index in [1.807, 2.05) is 32.0 Å². The molecule has 0 bridgehead atoms. The third-order valence-corrected chi connectivity index (χ3v) is 6.62. The zero-order valence-electron chi connectivity index (χ0n) is 18.8. The van der Waals surface area contributed by atoms with E-state index in [9.17, 15) is 9.59 Å². The van der Waals surface area contributed by atoms with Crippen LogP contribution in [0.25, 0.3) is 0 Å². The highest BCUT2D eigenvalue weighted by Gasteiger charge is 2.27. The van der Waals surface area contributed by atoms with Gasteiger partial charge in [0, 0.05) is 12.6 Å². The minimum atomic E-state index is -0.694. The second kappa shape index (κ2) is 12.5. The van der Waals surface area contributed by atoms with E-state index < -0.39 is 6.04 Å². The van der Waals surface area contributed by atoms with Gasteiger partial charge in [0.1, 0.15) is 11.8 Å². The smallest absolute Gasteiger partial charge is 0.261 e. The van der Waals surface area contributed by atoms with Crippen molar-refractivity contribution in [1.82, 2.24) is 10.2 Å². The van der Waals surface area contributed by atoms with Crippen LogP contribution in [0, 0.1) is 0 Å². The number of hydrogen-bond donors (Lipinski definition) is 1. The molecule has 0 heterocycles. The number of rotatable bonds is 10. The number of aryl methyl sites for hydroxylation is 1. The fourth-order valence-corrected chi connectivity index (χ4v) is 3.85. The van der Waals surface area contributed by atoms with Crippen LogP contribution in [0.3, 0.4) is 0 Å². The van der Waals surface area contributed by atoms with Crippen LogP contribution >= 0.6 is 39.1 Å². The topological polar surface area (TPSA) is 58.6 Å². The van der Waals surface area contributed by atoms with Crippen molar-refractivity contribution in [2.24, 2.45) is 0 Å². The van der Waals surface area contributed by atoms with Gasteiger partial charge in [-0.3, -0.25) is 9.59 Å². The number of nitrogens with zero attached hydrogens (tertiary/aromatic N) is 1. The highest BCUT2D eigenvalue weighted by molar-refractivity contribution is 9.10. The lowest BCUT2D eigenvalue weighted by Gasteiger charge is -2.29. The third-order valence-electron chi connectivity index (χ3n) is 5.26. The van der Waals surface area contributed by atoms with Crippen LogP contribution in [-0.2, 0) is 22.6 Å². The molecular formula is C24H29BrCl2N2O3. The van der Waals surface area contributed by atoms with E-state index in [0.29, 0.717) is 15.8 Å². The highest BCUT2D eigenvalue weighted by atomic mass is 79.9. The molecule has 32 heavy (non-hydrogen) atoms. The Hall–Kier alpha value is -1.76. The molecule has 174 valence electrons. The van der Waals surface area contributed by atoms with Crippen molar-refractivity contribution in [3.8, 4) is 5.75 Å². The molecule has 2 rings (SSSR count). The van der Waals surface area contributed by atoms with E-state index in [4.69, 9.17) is 27.9 Å². The number of carbonyl (C=O) groups excluding carboxylic acids is 2. The molecule has 2 amide bonds. The van der Waals surface area contributed by atoms with Gasteiger partial charge in [-0.25, -0.2) is 0 Å². The van der Waals surface area contributed by atoms with Crippen LogP contribution in [0.2, 0.25) is 10.0 Å². The normalized spacial score (nSPS) is 12.7. The van der Waals surface area contributed by atoms with E-state index in [2.05, 4.69) is 28.2 Å². The van der Waals surface area contributed by atoms with E-state index in [0.717, 1.165) is 28.4 Å². The number of benzene rings is 2. The minimum absolute atomic E-state index is 0.0103. The van der Waals surface area contributed by atoms with Gasteiger partial charge in [-0.2, -0.15) is 0 Å². The lowest BCUT2D eigenvalue weighted by molar-refractivity contribution is -0.142. The van der Waals surface area contributed by atoms with Crippen molar-refractivity contribution in [2.45, 2.75) is 59.2 Å². The molecule has 0 aromatic heterocycles. The Balaban J connectivity index is 2.20. The van der Waals surface area contributed by atoms with Crippen molar-refractivity contribution < 1.29 is 14.3 Å². The molecule has 0 aliphatic rings. The second-order valence-electron chi connectivity index (χ2n) is 7.67. The molecule has 0 spiro atoms. The summed E-state index contributed by atoms with van der Waals surface area (Å²) in [4.78, 5) is 27.4. The van der Waals surface area contributed by atoms with Crippen LogP contribution in [0.15, 0.2) is 40.9 Å². The quantitative estimate of drug-likeness (QED) is 0.398. The van der Waals surface area contributed by atoms with Crippen molar-refractivity contribution in [1.29, 1.82) is 0 Å². The maximum Gasteiger partial charge on any atom is 0.261 e. The summed E-state index contributed by atoms with van der Waals surface area (Å²) in [7, 11) is 0. The molecule has 0 aliphatic carbocycles. The van der Waals surface area contributed by atoms with Gasteiger partial charge in [0.25, 0.3) is 5.91 Å². The monoisotopic (exact) mass is 542 g/mol. The zero-order valence-corrected chi connectivity index (χ0v) is 21.9. The molecule has 0 fully saturated rings. The van der Waals surface area contributed by atoms with Crippen LogP contribution in [0.4, 0.5) is 0 Å². The van der Waals surface area contributed by atoms with E-state index in [-0.39, 0.29) is 31.0 Å². The van der Waals surface area contributed by atoms with Crippen molar-refractivity contribution in [3.05, 3.63) is 62.0 Å². The van der Waals surface area contributed by atoms with E-state index >= 15 is 0 Å². The van der Waals surface area contributed by atoms with E-state index in [1.165, 1.54) is 4.90 Å². The second-order valence-corrected chi connectivity index (χ2v) is 9.34. The Bertz CT molecular complexity index is 955. The predicted molar refractivity (Wildman–Crippen MR) is 133 cm³/mol. The Labute approximate surface area is 208 Å². The van der Waals surface area contributed by atoms with Crippen molar-refractivity contribution in [3.63, 3.8) is 0 Å². The standard InChI is InChI=1S/C24H29BrCl2N2O3/c1-5-15(3)28-24(31)16(4)29(13-18-7-9-20(26)21(27)12-18)23(30)14-32-22-10-8-17(6-2)11-19(22)25/h7-12,15-16H,5-6,13-14H2,1-4H3,(H,28,31)/t15-,16-/m1/s1. The SMILES string of the molecule is CCc1ccc(OCC(=O)N(Cc2ccc(Cl)c(Cl)c2)[C@H](C)C(=O)N[C@H](C)CC)c(Br)c1. The van der Waals surface area contributed by atoms with Crippen LogP contribution < -0.4 is 10.1 Å². The molecule has 0 aliphatic heterocycles. The molecule has 0 saturated heterocycles. The first-order valence-corrected chi connectivity index (χ1v) is 12.2. The number of nitrogens with one attached hydrogen (secondary N) is 1. The van der Waals surface area contributed by atoms with Gasteiger partial charge in [0.05, 0.1) is 14.5 Å². The number of halogens is 3. The molecule has 2 atom stereocenters. The first-order valence-electron chi connectivity index (χ1n) is 10.6. The Kier molecular flexibility index (Phi) is 10.3.